The number of hydrogen-bond acceptors (Lipinski definition) is 4. The Morgan fingerprint density at radius 1 is 1.13 bits per heavy atom. The van der Waals surface area contributed by atoms with Crippen molar-refractivity contribution < 1.29 is 9.53 Å². The maximum Gasteiger partial charge on any atom is 0.254 e. The second-order valence-corrected chi connectivity index (χ2v) is 7.18. The fourth-order valence-corrected chi connectivity index (χ4v) is 3.58. The number of nitrogen functional groups attached to an aromatic ring is 1. The van der Waals surface area contributed by atoms with Gasteiger partial charge in [-0.25, -0.2) is 0 Å². The Labute approximate surface area is 175 Å². The number of para-hydroxylation sites is 1. The largest absolute Gasteiger partial charge is 0.493 e. The average molecular weight is 400 g/mol. The number of carbonyl (C=O) groups excluding carboxylic acids is 1. The summed E-state index contributed by atoms with van der Waals surface area (Å²) in [4.78, 5) is 14.8. The minimum absolute atomic E-state index is 0.0772. The predicted molar refractivity (Wildman–Crippen MR) is 119 cm³/mol. The molecular formula is C24H24N4O2. The van der Waals surface area contributed by atoms with Crippen molar-refractivity contribution in [3.63, 3.8) is 0 Å². The van der Waals surface area contributed by atoms with Gasteiger partial charge in [-0.05, 0) is 48.4 Å². The van der Waals surface area contributed by atoms with Gasteiger partial charge in [0.2, 0.25) is 0 Å². The molecule has 0 bridgehead atoms. The van der Waals surface area contributed by atoms with E-state index in [1.807, 2.05) is 61.5 Å². The molecule has 0 aliphatic rings. The van der Waals surface area contributed by atoms with E-state index < -0.39 is 0 Å². The topological polar surface area (TPSA) is 84.2 Å². The van der Waals surface area contributed by atoms with Crippen LogP contribution in [0.25, 0.3) is 22.0 Å². The average Bonchev–Trinajstić information content (AvgIpc) is 3.23. The Morgan fingerprint density at radius 3 is 2.77 bits per heavy atom. The molecule has 6 nitrogen and oxygen atoms in total. The molecule has 3 N–H and O–H groups in total. The van der Waals surface area contributed by atoms with E-state index >= 15 is 0 Å². The first-order chi connectivity index (χ1) is 14.6. The summed E-state index contributed by atoms with van der Waals surface area (Å²) in [6, 6.07) is 19.1. The summed E-state index contributed by atoms with van der Waals surface area (Å²) in [5.41, 5.74) is 11.0. The molecule has 1 aromatic heterocycles. The van der Waals surface area contributed by atoms with Crippen molar-refractivity contribution in [2.75, 3.05) is 19.4 Å². The number of aromatic nitrogens is 2. The van der Waals surface area contributed by atoms with E-state index in [4.69, 9.17) is 10.5 Å². The third-order valence-electron chi connectivity index (χ3n) is 5.04. The van der Waals surface area contributed by atoms with Gasteiger partial charge in [0, 0.05) is 35.8 Å². The fraction of sp³-hybridized carbons (Fsp3) is 0.167. The number of ether oxygens (including phenoxy) is 1. The van der Waals surface area contributed by atoms with Crippen LogP contribution in [0.1, 0.15) is 22.8 Å². The number of benzene rings is 3. The summed E-state index contributed by atoms with van der Waals surface area (Å²) in [5.74, 6) is 0.588. The van der Waals surface area contributed by atoms with Crippen LogP contribution in [-0.4, -0.2) is 34.7 Å². The van der Waals surface area contributed by atoms with Crippen molar-refractivity contribution in [1.29, 1.82) is 0 Å². The number of fused-ring (bicyclic) bond motifs is 1. The quantitative estimate of drug-likeness (QED) is 0.467. The van der Waals surface area contributed by atoms with Crippen LogP contribution in [0.15, 0.2) is 66.9 Å². The third-order valence-corrected chi connectivity index (χ3v) is 5.04. The van der Waals surface area contributed by atoms with Crippen LogP contribution in [0.3, 0.4) is 0 Å². The van der Waals surface area contributed by atoms with Crippen molar-refractivity contribution in [1.82, 2.24) is 15.1 Å². The monoisotopic (exact) mass is 400 g/mol. The van der Waals surface area contributed by atoms with Crippen molar-refractivity contribution in [2.45, 2.75) is 13.5 Å². The molecule has 0 spiro atoms. The third kappa shape index (κ3) is 3.85. The molecule has 4 rings (SSSR count). The number of aromatic amines is 1. The molecule has 30 heavy (non-hydrogen) atoms. The molecular weight excluding hydrogens is 376 g/mol. The number of H-pyrrole nitrogens is 1. The second kappa shape index (κ2) is 8.29. The molecule has 0 aliphatic heterocycles. The Balaban J connectivity index is 1.62. The van der Waals surface area contributed by atoms with Crippen LogP contribution in [0.5, 0.6) is 5.75 Å². The first-order valence-corrected chi connectivity index (χ1v) is 9.86. The van der Waals surface area contributed by atoms with E-state index in [1.54, 1.807) is 24.2 Å². The van der Waals surface area contributed by atoms with E-state index in [1.165, 1.54) is 0 Å². The van der Waals surface area contributed by atoms with E-state index in [9.17, 15) is 4.79 Å². The molecule has 0 radical (unpaired) electrons. The van der Waals surface area contributed by atoms with Crippen molar-refractivity contribution in [3.05, 3.63) is 78.0 Å². The molecule has 0 aliphatic carbocycles. The lowest BCUT2D eigenvalue weighted by atomic mass is 10.0. The molecule has 0 saturated heterocycles. The molecule has 0 saturated carbocycles. The van der Waals surface area contributed by atoms with Crippen LogP contribution < -0.4 is 10.5 Å². The Kier molecular flexibility index (Phi) is 5.39. The van der Waals surface area contributed by atoms with Gasteiger partial charge in [-0.1, -0.05) is 30.3 Å². The molecule has 152 valence electrons. The first-order valence-electron chi connectivity index (χ1n) is 9.86. The Morgan fingerprint density at radius 2 is 1.97 bits per heavy atom. The summed E-state index contributed by atoms with van der Waals surface area (Å²) >= 11 is 0. The minimum atomic E-state index is -0.0772. The van der Waals surface area contributed by atoms with Gasteiger partial charge in [0.15, 0.2) is 0 Å². The number of nitrogens with zero attached hydrogens (tertiary/aromatic N) is 2. The highest BCUT2D eigenvalue weighted by molar-refractivity contribution is 5.96. The SMILES string of the molecule is CCOc1cc(C(=O)N(C)Cc2cccc3cn[nH]c23)ccc1-c1cccc(N)c1. The number of nitrogens with two attached hydrogens (primary N) is 1. The highest BCUT2D eigenvalue weighted by atomic mass is 16.5. The zero-order valence-electron chi connectivity index (χ0n) is 17.1. The maximum absolute atomic E-state index is 13.1. The first kappa shape index (κ1) is 19.5. The lowest BCUT2D eigenvalue weighted by molar-refractivity contribution is 0.0785. The van der Waals surface area contributed by atoms with Crippen molar-refractivity contribution in [3.8, 4) is 16.9 Å². The molecule has 1 heterocycles. The molecule has 4 aromatic rings. The van der Waals surface area contributed by atoms with Crippen molar-refractivity contribution >= 4 is 22.5 Å². The van der Waals surface area contributed by atoms with E-state index in [0.29, 0.717) is 30.2 Å². The Hall–Kier alpha value is -3.80. The normalized spacial score (nSPS) is 10.9. The number of rotatable bonds is 6. The Bertz CT molecular complexity index is 1200. The second-order valence-electron chi connectivity index (χ2n) is 7.18. The van der Waals surface area contributed by atoms with Crippen LogP contribution in [0.2, 0.25) is 0 Å². The standard InChI is InChI=1S/C24H24N4O2/c1-3-30-22-13-17(10-11-21(22)16-6-5-9-20(25)12-16)24(29)28(2)15-19-8-4-7-18-14-26-27-23(18)19/h4-14H,3,15,25H2,1-2H3,(H,26,27). The molecule has 6 heteroatoms. The summed E-state index contributed by atoms with van der Waals surface area (Å²) in [6.45, 7) is 2.90. The van der Waals surface area contributed by atoms with Gasteiger partial charge in [0.05, 0.1) is 18.3 Å². The van der Waals surface area contributed by atoms with Gasteiger partial charge in [-0.15, -0.1) is 0 Å². The predicted octanol–water partition coefficient (Wildman–Crippen LogP) is 4.48. The van der Waals surface area contributed by atoms with Gasteiger partial charge in [-0.3, -0.25) is 9.89 Å². The lowest BCUT2D eigenvalue weighted by Gasteiger charge is -2.19. The van der Waals surface area contributed by atoms with Gasteiger partial charge in [-0.2, -0.15) is 5.10 Å². The molecule has 1 amide bonds. The zero-order valence-corrected chi connectivity index (χ0v) is 17.1. The molecule has 0 fully saturated rings. The van der Waals surface area contributed by atoms with E-state index in [0.717, 1.165) is 27.6 Å². The fourth-order valence-electron chi connectivity index (χ4n) is 3.58. The molecule has 3 aromatic carbocycles. The minimum Gasteiger partial charge on any atom is -0.493 e. The summed E-state index contributed by atoms with van der Waals surface area (Å²) in [5, 5.41) is 8.13. The number of carbonyl (C=O) groups is 1. The number of amides is 1. The maximum atomic E-state index is 13.1. The molecule has 0 atom stereocenters. The van der Waals surface area contributed by atoms with E-state index in [2.05, 4.69) is 10.2 Å². The summed E-state index contributed by atoms with van der Waals surface area (Å²) in [7, 11) is 1.80. The van der Waals surface area contributed by atoms with Crippen LogP contribution in [0, 0.1) is 0 Å². The van der Waals surface area contributed by atoms with Crippen LogP contribution in [0.4, 0.5) is 5.69 Å². The highest BCUT2D eigenvalue weighted by Crippen LogP contribution is 2.32. The lowest BCUT2D eigenvalue weighted by Crippen LogP contribution is -2.26. The number of anilines is 1. The summed E-state index contributed by atoms with van der Waals surface area (Å²) in [6.07, 6.45) is 1.78. The zero-order chi connectivity index (χ0) is 21.1. The molecule has 0 unspecified atom stereocenters. The van der Waals surface area contributed by atoms with Gasteiger partial charge in [0.25, 0.3) is 5.91 Å². The number of nitrogens with one attached hydrogen (secondary N) is 1. The van der Waals surface area contributed by atoms with Crippen LogP contribution >= 0.6 is 0 Å². The van der Waals surface area contributed by atoms with Gasteiger partial charge in [0.1, 0.15) is 5.75 Å². The van der Waals surface area contributed by atoms with Gasteiger partial charge < -0.3 is 15.4 Å². The van der Waals surface area contributed by atoms with Gasteiger partial charge >= 0.3 is 0 Å². The summed E-state index contributed by atoms with van der Waals surface area (Å²) < 4.78 is 5.84. The van der Waals surface area contributed by atoms with Crippen LogP contribution in [-0.2, 0) is 6.54 Å². The smallest absolute Gasteiger partial charge is 0.254 e. The van der Waals surface area contributed by atoms with E-state index in [-0.39, 0.29) is 5.91 Å². The van der Waals surface area contributed by atoms with Crippen molar-refractivity contribution in [2.24, 2.45) is 0 Å². The number of hydrogen-bond donors (Lipinski definition) is 2. The highest BCUT2D eigenvalue weighted by Gasteiger charge is 2.17.